The van der Waals surface area contributed by atoms with Gasteiger partial charge in [0.2, 0.25) is 0 Å². The van der Waals surface area contributed by atoms with E-state index in [1.54, 1.807) is 6.20 Å². The van der Waals surface area contributed by atoms with Crippen molar-refractivity contribution in [2.75, 3.05) is 6.61 Å². The molecule has 98 valence electrons. The third-order valence-corrected chi connectivity index (χ3v) is 3.49. The predicted octanol–water partition coefficient (Wildman–Crippen LogP) is 2.43. The highest BCUT2D eigenvalue weighted by Crippen LogP contribution is 2.31. The molecule has 1 aliphatic heterocycles. The molecule has 1 unspecified atom stereocenters. The van der Waals surface area contributed by atoms with E-state index in [0.717, 1.165) is 35.9 Å². The Bertz CT molecular complexity index is 604. The first-order valence-corrected chi connectivity index (χ1v) is 6.50. The summed E-state index contributed by atoms with van der Waals surface area (Å²) >= 11 is 0. The molecular formula is C15H17N3O. The van der Waals surface area contributed by atoms with Crippen LogP contribution in [0, 0.1) is 0 Å². The molecule has 1 aliphatic rings. The van der Waals surface area contributed by atoms with Crippen molar-refractivity contribution in [3.63, 3.8) is 0 Å². The summed E-state index contributed by atoms with van der Waals surface area (Å²) in [7, 11) is 0. The summed E-state index contributed by atoms with van der Waals surface area (Å²) in [6.45, 7) is 0.790. The van der Waals surface area contributed by atoms with Crippen molar-refractivity contribution >= 4 is 10.9 Å². The molecule has 0 bridgehead atoms. The van der Waals surface area contributed by atoms with E-state index in [9.17, 15) is 0 Å². The standard InChI is InChI=1S/C15H17N3O/c16-18-15(11-4-3-9-19-10-11)13-5-1-7-14-12(13)6-2-8-17-14/h1-2,5-8,10,15,18H,3-4,9,16H2. The fourth-order valence-electron chi connectivity index (χ4n) is 2.57. The topological polar surface area (TPSA) is 60.2 Å². The number of fused-ring (bicyclic) bond motifs is 1. The van der Waals surface area contributed by atoms with Gasteiger partial charge < -0.3 is 4.74 Å². The number of nitrogens with zero attached hydrogens (tertiary/aromatic N) is 1. The molecule has 19 heavy (non-hydrogen) atoms. The zero-order chi connectivity index (χ0) is 13.1. The van der Waals surface area contributed by atoms with Crippen LogP contribution in [0.1, 0.15) is 24.4 Å². The van der Waals surface area contributed by atoms with Crippen LogP contribution in [0.2, 0.25) is 0 Å². The summed E-state index contributed by atoms with van der Waals surface area (Å²) in [5.74, 6) is 5.76. The van der Waals surface area contributed by atoms with Gasteiger partial charge in [0.25, 0.3) is 0 Å². The molecule has 0 amide bonds. The van der Waals surface area contributed by atoms with Gasteiger partial charge in [-0.15, -0.1) is 0 Å². The van der Waals surface area contributed by atoms with Crippen molar-refractivity contribution in [2.24, 2.45) is 5.84 Å². The quantitative estimate of drug-likeness (QED) is 0.653. The number of hydrazine groups is 1. The van der Waals surface area contributed by atoms with Gasteiger partial charge in [0, 0.05) is 11.6 Å². The maximum atomic E-state index is 5.76. The maximum absolute atomic E-state index is 5.76. The molecule has 1 atom stereocenters. The predicted molar refractivity (Wildman–Crippen MR) is 75.1 cm³/mol. The number of ether oxygens (including phenoxy) is 1. The molecule has 4 heteroatoms. The highest BCUT2D eigenvalue weighted by atomic mass is 16.5. The third-order valence-electron chi connectivity index (χ3n) is 3.49. The first kappa shape index (κ1) is 12.1. The number of benzene rings is 1. The Hall–Kier alpha value is -1.91. The molecule has 0 saturated heterocycles. The van der Waals surface area contributed by atoms with Gasteiger partial charge in [-0.1, -0.05) is 18.2 Å². The van der Waals surface area contributed by atoms with E-state index >= 15 is 0 Å². The number of aromatic nitrogens is 1. The summed E-state index contributed by atoms with van der Waals surface area (Å²) < 4.78 is 5.43. The molecule has 3 rings (SSSR count). The maximum Gasteiger partial charge on any atom is 0.0876 e. The first-order chi connectivity index (χ1) is 9.40. The van der Waals surface area contributed by atoms with E-state index in [0.29, 0.717) is 0 Å². The van der Waals surface area contributed by atoms with Gasteiger partial charge in [0.05, 0.1) is 24.4 Å². The van der Waals surface area contributed by atoms with Crippen molar-refractivity contribution in [3.8, 4) is 0 Å². The molecule has 0 radical (unpaired) electrons. The fraction of sp³-hybridized carbons (Fsp3) is 0.267. The summed E-state index contributed by atoms with van der Waals surface area (Å²) in [6.07, 6.45) is 5.68. The van der Waals surface area contributed by atoms with Gasteiger partial charge in [0.15, 0.2) is 0 Å². The van der Waals surface area contributed by atoms with Crippen LogP contribution in [-0.2, 0) is 4.74 Å². The Morgan fingerprint density at radius 3 is 3.00 bits per heavy atom. The molecule has 1 aromatic heterocycles. The SMILES string of the molecule is NNC(C1=COCCC1)c1cccc2ncccc12. The molecule has 0 saturated carbocycles. The zero-order valence-corrected chi connectivity index (χ0v) is 10.7. The number of pyridine rings is 1. The van der Waals surface area contributed by atoms with Crippen LogP contribution in [-0.4, -0.2) is 11.6 Å². The molecule has 4 nitrogen and oxygen atoms in total. The smallest absolute Gasteiger partial charge is 0.0876 e. The van der Waals surface area contributed by atoms with Crippen molar-refractivity contribution in [1.82, 2.24) is 10.4 Å². The van der Waals surface area contributed by atoms with Crippen LogP contribution in [0.25, 0.3) is 10.9 Å². The van der Waals surface area contributed by atoms with Gasteiger partial charge >= 0.3 is 0 Å². The van der Waals surface area contributed by atoms with E-state index in [-0.39, 0.29) is 6.04 Å². The lowest BCUT2D eigenvalue weighted by atomic mass is 9.93. The number of rotatable bonds is 3. The second-order valence-corrected chi connectivity index (χ2v) is 4.68. The Morgan fingerprint density at radius 2 is 2.21 bits per heavy atom. The molecule has 3 N–H and O–H groups in total. The third kappa shape index (κ3) is 2.32. The van der Waals surface area contributed by atoms with Gasteiger partial charge in [-0.2, -0.15) is 0 Å². The second-order valence-electron chi connectivity index (χ2n) is 4.68. The normalized spacial score (nSPS) is 16.8. The first-order valence-electron chi connectivity index (χ1n) is 6.50. The molecule has 1 aromatic carbocycles. The van der Waals surface area contributed by atoms with Crippen LogP contribution in [0.15, 0.2) is 48.4 Å². The minimum Gasteiger partial charge on any atom is -0.501 e. The molecule has 0 spiro atoms. The molecule has 0 fully saturated rings. The zero-order valence-electron chi connectivity index (χ0n) is 10.7. The van der Waals surface area contributed by atoms with Gasteiger partial charge in [0.1, 0.15) is 0 Å². The summed E-state index contributed by atoms with van der Waals surface area (Å²) in [5.41, 5.74) is 6.22. The van der Waals surface area contributed by atoms with Crippen LogP contribution in [0.5, 0.6) is 0 Å². The van der Waals surface area contributed by atoms with E-state index in [1.807, 2.05) is 24.5 Å². The Balaban J connectivity index is 2.08. The average molecular weight is 255 g/mol. The number of hydrogen-bond donors (Lipinski definition) is 2. The van der Waals surface area contributed by atoms with Crippen molar-refractivity contribution < 1.29 is 4.74 Å². The van der Waals surface area contributed by atoms with Gasteiger partial charge in [-0.05, 0) is 36.1 Å². The van der Waals surface area contributed by atoms with E-state index in [1.165, 1.54) is 5.57 Å². The molecule has 2 heterocycles. The minimum atomic E-state index is -0.0202. The molecule has 0 aliphatic carbocycles. The van der Waals surface area contributed by atoms with Crippen LogP contribution >= 0.6 is 0 Å². The van der Waals surface area contributed by atoms with Crippen molar-refractivity contribution in [1.29, 1.82) is 0 Å². The minimum absolute atomic E-state index is 0.0202. The van der Waals surface area contributed by atoms with Crippen molar-refractivity contribution in [3.05, 3.63) is 53.9 Å². The number of nitrogens with two attached hydrogens (primary N) is 1. The lowest BCUT2D eigenvalue weighted by molar-refractivity contribution is 0.219. The lowest BCUT2D eigenvalue weighted by Gasteiger charge is -2.24. The van der Waals surface area contributed by atoms with E-state index in [2.05, 4.69) is 22.5 Å². The Labute approximate surface area is 112 Å². The van der Waals surface area contributed by atoms with E-state index < -0.39 is 0 Å². The second kappa shape index (κ2) is 5.38. The van der Waals surface area contributed by atoms with Gasteiger partial charge in [-0.3, -0.25) is 10.8 Å². The van der Waals surface area contributed by atoms with E-state index in [4.69, 9.17) is 10.6 Å². The van der Waals surface area contributed by atoms with Gasteiger partial charge in [-0.25, -0.2) is 5.43 Å². The highest BCUT2D eigenvalue weighted by Gasteiger charge is 2.19. The van der Waals surface area contributed by atoms with Crippen molar-refractivity contribution in [2.45, 2.75) is 18.9 Å². The molecular weight excluding hydrogens is 238 g/mol. The highest BCUT2D eigenvalue weighted by molar-refractivity contribution is 5.82. The number of hydrogen-bond acceptors (Lipinski definition) is 4. The summed E-state index contributed by atoms with van der Waals surface area (Å²) in [5, 5.41) is 1.12. The Kier molecular flexibility index (Phi) is 3.44. The van der Waals surface area contributed by atoms with Crippen LogP contribution in [0.4, 0.5) is 0 Å². The van der Waals surface area contributed by atoms with Crippen LogP contribution in [0.3, 0.4) is 0 Å². The summed E-state index contributed by atoms with van der Waals surface area (Å²) in [4.78, 5) is 4.38. The fourth-order valence-corrected chi connectivity index (χ4v) is 2.57. The largest absolute Gasteiger partial charge is 0.501 e. The monoisotopic (exact) mass is 255 g/mol. The Morgan fingerprint density at radius 1 is 1.26 bits per heavy atom. The summed E-state index contributed by atoms with van der Waals surface area (Å²) in [6, 6.07) is 10.1. The number of nitrogens with one attached hydrogen (secondary N) is 1. The molecule has 2 aromatic rings. The lowest BCUT2D eigenvalue weighted by Crippen LogP contribution is -2.30. The average Bonchev–Trinajstić information content (AvgIpc) is 2.49. The van der Waals surface area contributed by atoms with Crippen LogP contribution < -0.4 is 11.3 Å².